The summed E-state index contributed by atoms with van der Waals surface area (Å²) in [4.78, 5) is 10.7. The van der Waals surface area contributed by atoms with Crippen molar-refractivity contribution in [3.8, 4) is 78.4 Å². The fraction of sp³-hybridized carbons (Fsp3) is 0. The van der Waals surface area contributed by atoms with Gasteiger partial charge in [0, 0.05) is 43.8 Å². The van der Waals surface area contributed by atoms with Gasteiger partial charge >= 0.3 is 0 Å². The zero-order valence-electron chi connectivity index (χ0n) is 33.5. The van der Waals surface area contributed by atoms with Crippen LogP contribution in [0.2, 0.25) is 0 Å². The molecular weight excluding hydrogens is 757 g/mol. The van der Waals surface area contributed by atoms with Crippen molar-refractivity contribution in [2.24, 2.45) is 0 Å². The van der Waals surface area contributed by atoms with Gasteiger partial charge in [-0.2, -0.15) is 0 Å². The summed E-state index contributed by atoms with van der Waals surface area (Å²) in [5.74, 6) is 0.655. The lowest BCUT2D eigenvalue weighted by molar-refractivity contribution is 0.669. The summed E-state index contributed by atoms with van der Waals surface area (Å²) in [7, 11) is 0. The van der Waals surface area contributed by atoms with Gasteiger partial charge in [0.2, 0.25) is 0 Å². The molecule has 12 rings (SSSR count). The zero-order valence-corrected chi connectivity index (χ0v) is 33.5. The topological polar surface area (TPSA) is 52.1 Å². The minimum atomic E-state index is 0.655. The van der Waals surface area contributed by atoms with Crippen molar-refractivity contribution in [2.75, 3.05) is 0 Å². The van der Waals surface area contributed by atoms with Crippen LogP contribution in [0, 0.1) is 0 Å². The van der Waals surface area contributed by atoms with Gasteiger partial charge in [-0.05, 0) is 106 Å². The minimum Gasteiger partial charge on any atom is -0.456 e. The molecule has 0 radical (unpaired) electrons. The number of hydrogen-bond acceptors (Lipinski definition) is 4. The first-order valence-corrected chi connectivity index (χ1v) is 20.9. The van der Waals surface area contributed by atoms with Gasteiger partial charge in [-0.1, -0.05) is 152 Å². The van der Waals surface area contributed by atoms with Gasteiger partial charge in [0.1, 0.15) is 22.3 Å². The van der Waals surface area contributed by atoms with Crippen LogP contribution in [0.15, 0.2) is 227 Å². The fourth-order valence-corrected chi connectivity index (χ4v) is 8.81. The molecule has 0 saturated carbocycles. The van der Waals surface area contributed by atoms with Crippen LogP contribution in [0.4, 0.5) is 0 Å². The van der Waals surface area contributed by atoms with E-state index in [9.17, 15) is 0 Å². The smallest absolute Gasteiger partial charge is 0.160 e. The van der Waals surface area contributed by atoms with E-state index in [1.54, 1.807) is 0 Å². The third kappa shape index (κ3) is 6.34. The summed E-state index contributed by atoms with van der Waals surface area (Å²) in [6.45, 7) is 0. The van der Waals surface area contributed by atoms with Gasteiger partial charge in [-0.15, -0.1) is 0 Å². The molecule has 0 aliphatic carbocycles. The van der Waals surface area contributed by atoms with Gasteiger partial charge in [0.05, 0.1) is 11.4 Å². The molecule has 62 heavy (non-hydrogen) atoms. The van der Waals surface area contributed by atoms with E-state index < -0.39 is 0 Å². The lowest BCUT2D eigenvalue weighted by Gasteiger charge is -2.15. The van der Waals surface area contributed by atoms with Crippen LogP contribution >= 0.6 is 0 Å². The van der Waals surface area contributed by atoms with Crippen LogP contribution in [-0.2, 0) is 0 Å². The summed E-state index contributed by atoms with van der Waals surface area (Å²) in [5.41, 5.74) is 16.7. The van der Waals surface area contributed by atoms with E-state index in [1.165, 1.54) is 0 Å². The molecule has 0 bridgehead atoms. The Bertz CT molecular complexity index is 3630. The van der Waals surface area contributed by atoms with E-state index in [-0.39, 0.29) is 0 Å². The van der Waals surface area contributed by atoms with Crippen LogP contribution in [0.5, 0.6) is 0 Å². The van der Waals surface area contributed by atoms with E-state index in [1.807, 2.05) is 42.5 Å². The molecule has 0 N–H and O–H groups in total. The van der Waals surface area contributed by atoms with Gasteiger partial charge in [-0.25, -0.2) is 9.97 Å². The molecule has 3 aromatic heterocycles. The van der Waals surface area contributed by atoms with E-state index in [0.29, 0.717) is 5.82 Å². The molecule has 9 aromatic carbocycles. The van der Waals surface area contributed by atoms with Crippen LogP contribution in [0.25, 0.3) is 122 Å². The number of aromatic nitrogens is 2. The van der Waals surface area contributed by atoms with Crippen molar-refractivity contribution in [1.29, 1.82) is 0 Å². The molecule has 0 aliphatic rings. The number of fused-ring (bicyclic) bond motifs is 6. The van der Waals surface area contributed by atoms with E-state index in [2.05, 4.69) is 176 Å². The average molecular weight is 793 g/mol. The lowest BCUT2D eigenvalue weighted by atomic mass is 9.92. The molecule has 290 valence electrons. The van der Waals surface area contributed by atoms with Crippen molar-refractivity contribution < 1.29 is 8.83 Å². The first kappa shape index (κ1) is 35.6. The molecule has 4 heteroatoms. The molecule has 12 aromatic rings. The number of rotatable bonds is 7. The van der Waals surface area contributed by atoms with Crippen molar-refractivity contribution in [2.45, 2.75) is 0 Å². The molecule has 3 heterocycles. The average Bonchev–Trinajstić information content (AvgIpc) is 3.93. The third-order valence-electron chi connectivity index (χ3n) is 11.9. The highest BCUT2D eigenvalue weighted by atomic mass is 16.3. The van der Waals surface area contributed by atoms with Crippen LogP contribution < -0.4 is 0 Å². The van der Waals surface area contributed by atoms with E-state index in [4.69, 9.17) is 18.8 Å². The number of furan rings is 2. The van der Waals surface area contributed by atoms with Crippen LogP contribution in [0.1, 0.15) is 0 Å². The zero-order chi connectivity index (χ0) is 41.0. The number of para-hydroxylation sites is 3. The predicted octanol–water partition coefficient (Wildman–Crippen LogP) is 15.9. The molecule has 0 aliphatic heterocycles. The maximum Gasteiger partial charge on any atom is 0.160 e. The predicted molar refractivity (Wildman–Crippen MR) is 255 cm³/mol. The number of benzene rings is 9. The van der Waals surface area contributed by atoms with Crippen LogP contribution in [-0.4, -0.2) is 9.97 Å². The maximum atomic E-state index is 6.59. The van der Waals surface area contributed by atoms with E-state index in [0.717, 1.165) is 116 Å². The van der Waals surface area contributed by atoms with Crippen molar-refractivity contribution in [1.82, 2.24) is 9.97 Å². The molecule has 0 atom stereocenters. The normalized spacial score (nSPS) is 11.5. The molecule has 0 unspecified atom stereocenters. The second kappa shape index (κ2) is 14.7. The third-order valence-corrected chi connectivity index (χ3v) is 11.9. The summed E-state index contributed by atoms with van der Waals surface area (Å²) in [6.07, 6.45) is 0. The Morgan fingerprint density at radius 3 is 1.37 bits per heavy atom. The van der Waals surface area contributed by atoms with Crippen molar-refractivity contribution in [3.63, 3.8) is 0 Å². The van der Waals surface area contributed by atoms with Gasteiger partial charge < -0.3 is 8.83 Å². The van der Waals surface area contributed by atoms with E-state index >= 15 is 0 Å². The highest BCUT2D eigenvalue weighted by molar-refractivity contribution is 6.10. The highest BCUT2D eigenvalue weighted by Gasteiger charge is 2.18. The van der Waals surface area contributed by atoms with Crippen molar-refractivity contribution >= 4 is 43.9 Å². The Labute approximate surface area is 358 Å². The number of nitrogens with zero attached hydrogens (tertiary/aromatic N) is 2. The molecule has 0 spiro atoms. The molecular formula is C58H36N2O2. The van der Waals surface area contributed by atoms with Gasteiger partial charge in [-0.3, -0.25) is 0 Å². The lowest BCUT2D eigenvalue weighted by Crippen LogP contribution is -1.97. The maximum absolute atomic E-state index is 6.59. The second-order valence-corrected chi connectivity index (χ2v) is 15.7. The summed E-state index contributed by atoms with van der Waals surface area (Å²) in [6, 6.07) is 76.4. The number of hydrogen-bond donors (Lipinski definition) is 0. The highest BCUT2D eigenvalue weighted by Crippen LogP contribution is 2.41. The quantitative estimate of drug-likeness (QED) is 0.161. The Balaban J connectivity index is 1.08. The minimum absolute atomic E-state index is 0.655. The Hall–Kier alpha value is -8.34. The summed E-state index contributed by atoms with van der Waals surface area (Å²) in [5, 5.41) is 4.39. The van der Waals surface area contributed by atoms with Gasteiger partial charge in [0.25, 0.3) is 0 Å². The molecule has 0 fully saturated rings. The SMILES string of the molecule is c1ccc(-c2cc(-c3ccc4oc5ccccc5c4c3)cc(-c3cc(-c4cc(-c5ccccc5)cc(-c5cccc6c5oc5ccccc56)c4)nc(-c4ccccc4)n3)c2)cc1. The monoisotopic (exact) mass is 792 g/mol. The molecule has 0 saturated heterocycles. The fourth-order valence-electron chi connectivity index (χ4n) is 8.81. The second-order valence-electron chi connectivity index (χ2n) is 15.7. The Morgan fingerprint density at radius 2 is 0.726 bits per heavy atom. The summed E-state index contributed by atoms with van der Waals surface area (Å²) < 4.78 is 12.8. The first-order chi connectivity index (χ1) is 30.7. The first-order valence-electron chi connectivity index (χ1n) is 20.9. The Morgan fingerprint density at radius 1 is 0.258 bits per heavy atom. The largest absolute Gasteiger partial charge is 0.456 e. The van der Waals surface area contributed by atoms with Gasteiger partial charge in [0.15, 0.2) is 5.82 Å². The molecule has 4 nitrogen and oxygen atoms in total. The van der Waals surface area contributed by atoms with Crippen LogP contribution in [0.3, 0.4) is 0 Å². The molecule has 0 amide bonds. The van der Waals surface area contributed by atoms with Crippen molar-refractivity contribution in [3.05, 3.63) is 218 Å². The standard InChI is InChI=1S/C58H36N2O2/c1-4-15-37(16-5-1)41-29-43(40-27-28-56-51(35-40)49-22-11-12-25-54(49)61-56)33-45(31-41)52-36-53(60-58(59-52)39-19-8-3-9-20-39)46-32-42(38-17-6-2-7-18-38)30-44(34-46)47-23-14-24-50-48-21-10-13-26-55(48)62-57(47)50/h1-36H. The Kier molecular flexibility index (Phi) is 8.46. The summed E-state index contributed by atoms with van der Waals surface area (Å²) >= 11 is 0.